The van der Waals surface area contributed by atoms with Gasteiger partial charge in [0.2, 0.25) is 0 Å². The molecule has 4 unspecified atom stereocenters. The molecular formula is C13H17N3O5S. The molecule has 0 bridgehead atoms. The van der Waals surface area contributed by atoms with Crippen LogP contribution in [0.3, 0.4) is 0 Å². The quantitative estimate of drug-likeness (QED) is 0.741. The molecule has 1 saturated heterocycles. The monoisotopic (exact) mass is 327 g/mol. The maximum atomic E-state index is 12.2. The number of fused-ring (bicyclic) bond motifs is 1. The van der Waals surface area contributed by atoms with Gasteiger partial charge < -0.3 is 9.84 Å². The number of ether oxygens (including phenoxy) is 1. The van der Waals surface area contributed by atoms with E-state index in [0.717, 1.165) is 11.3 Å². The van der Waals surface area contributed by atoms with Crippen molar-refractivity contribution in [3.63, 3.8) is 0 Å². The van der Waals surface area contributed by atoms with Crippen molar-refractivity contribution in [2.75, 3.05) is 0 Å². The van der Waals surface area contributed by atoms with E-state index in [1.54, 1.807) is 0 Å². The first-order chi connectivity index (χ1) is 10.4. The van der Waals surface area contributed by atoms with Crippen molar-refractivity contribution >= 4 is 21.7 Å². The van der Waals surface area contributed by atoms with Gasteiger partial charge in [-0.15, -0.1) is 0 Å². The molecular weight excluding hydrogens is 310 g/mol. The molecule has 2 aromatic rings. The van der Waals surface area contributed by atoms with Gasteiger partial charge in [0, 0.05) is 5.92 Å². The fourth-order valence-corrected chi connectivity index (χ4v) is 3.72. The van der Waals surface area contributed by atoms with Crippen LogP contribution in [0.4, 0.5) is 0 Å². The number of rotatable bonds is 3. The van der Waals surface area contributed by atoms with Gasteiger partial charge in [0.1, 0.15) is 16.6 Å². The Kier molecular flexibility index (Phi) is 3.79. The van der Waals surface area contributed by atoms with Crippen LogP contribution in [0, 0.1) is 5.92 Å². The molecule has 1 fully saturated rings. The summed E-state index contributed by atoms with van der Waals surface area (Å²) in [5.74, 6) is -0.0236. The average molecular weight is 327 g/mol. The second-order valence-corrected chi connectivity index (χ2v) is 6.54. The van der Waals surface area contributed by atoms with Gasteiger partial charge in [0.25, 0.3) is 5.56 Å². The van der Waals surface area contributed by atoms with Crippen LogP contribution in [0.1, 0.15) is 32.9 Å². The molecule has 3 heterocycles. The maximum absolute atomic E-state index is 12.2. The fraction of sp³-hybridized carbons (Fsp3) is 0.615. The number of hydrogen-bond donors (Lipinski definition) is 3. The van der Waals surface area contributed by atoms with Crippen LogP contribution in [-0.4, -0.2) is 31.8 Å². The lowest BCUT2D eigenvalue weighted by atomic mass is 10.0. The first kappa shape index (κ1) is 15.2. The van der Waals surface area contributed by atoms with E-state index < -0.39 is 23.6 Å². The molecule has 9 heteroatoms. The summed E-state index contributed by atoms with van der Waals surface area (Å²) < 4.78 is 7.30. The highest BCUT2D eigenvalue weighted by atomic mass is 32.1. The number of aliphatic hydroxyl groups excluding tert-OH is 1. The van der Waals surface area contributed by atoms with Crippen molar-refractivity contribution in [2.45, 2.75) is 45.1 Å². The Morgan fingerprint density at radius 2 is 2.14 bits per heavy atom. The fourth-order valence-electron chi connectivity index (χ4n) is 2.86. The highest BCUT2D eigenvalue weighted by molar-refractivity contribution is 7.16. The standard InChI is InChI=1S/C13H17N3O5S/c1-3-6(17)7-4-5(2)11(21-7)16-9-8(22-13(16)20)10(18)15-12(19)14-9/h5-7,11,17H,3-4H2,1-2H3,(H2,14,15,18,19). The Morgan fingerprint density at radius 1 is 1.41 bits per heavy atom. The van der Waals surface area contributed by atoms with Gasteiger partial charge in [-0.2, -0.15) is 0 Å². The van der Waals surface area contributed by atoms with Gasteiger partial charge in [-0.25, -0.2) is 4.79 Å². The third-order valence-electron chi connectivity index (χ3n) is 4.01. The van der Waals surface area contributed by atoms with Crippen LogP contribution in [0.25, 0.3) is 10.3 Å². The Hall–Kier alpha value is -1.71. The number of nitrogens with one attached hydrogen (secondary N) is 2. The zero-order valence-corrected chi connectivity index (χ0v) is 13.0. The second kappa shape index (κ2) is 5.49. The maximum Gasteiger partial charge on any atom is 0.327 e. The minimum absolute atomic E-state index is 0.0236. The number of aromatic nitrogens is 3. The molecule has 1 aliphatic heterocycles. The average Bonchev–Trinajstić information content (AvgIpc) is 2.98. The van der Waals surface area contributed by atoms with Crippen molar-refractivity contribution in [3.05, 3.63) is 30.5 Å². The molecule has 0 radical (unpaired) electrons. The topological polar surface area (TPSA) is 117 Å². The molecule has 2 aromatic heterocycles. The van der Waals surface area contributed by atoms with Crippen LogP contribution in [0.5, 0.6) is 0 Å². The summed E-state index contributed by atoms with van der Waals surface area (Å²) in [4.78, 5) is 39.7. The lowest BCUT2D eigenvalue weighted by Crippen LogP contribution is -2.28. The van der Waals surface area contributed by atoms with E-state index in [-0.39, 0.29) is 27.2 Å². The number of hydrogen-bond acceptors (Lipinski definition) is 6. The number of nitrogens with zero attached hydrogens (tertiary/aromatic N) is 1. The summed E-state index contributed by atoms with van der Waals surface area (Å²) in [7, 11) is 0. The van der Waals surface area contributed by atoms with Gasteiger partial charge in [-0.1, -0.05) is 25.2 Å². The minimum Gasteiger partial charge on any atom is -0.390 e. The Morgan fingerprint density at radius 3 is 2.82 bits per heavy atom. The van der Waals surface area contributed by atoms with E-state index in [1.807, 2.05) is 13.8 Å². The molecule has 3 N–H and O–H groups in total. The Labute approximate surface area is 128 Å². The molecule has 0 aliphatic carbocycles. The Balaban J connectivity index is 2.11. The highest BCUT2D eigenvalue weighted by Crippen LogP contribution is 2.36. The van der Waals surface area contributed by atoms with Crippen LogP contribution in [0.2, 0.25) is 0 Å². The summed E-state index contributed by atoms with van der Waals surface area (Å²) in [5, 5.41) is 9.94. The third-order valence-corrected chi connectivity index (χ3v) is 4.97. The summed E-state index contributed by atoms with van der Waals surface area (Å²) >= 11 is 0.769. The first-order valence-corrected chi connectivity index (χ1v) is 7.95. The van der Waals surface area contributed by atoms with Crippen molar-refractivity contribution in [3.8, 4) is 0 Å². The predicted molar refractivity (Wildman–Crippen MR) is 81.3 cm³/mol. The van der Waals surface area contributed by atoms with Gasteiger partial charge in [0.05, 0.1) is 12.2 Å². The normalized spacial score (nSPS) is 26.6. The van der Waals surface area contributed by atoms with Gasteiger partial charge in [-0.3, -0.25) is 24.1 Å². The van der Waals surface area contributed by atoms with Gasteiger partial charge >= 0.3 is 10.6 Å². The second-order valence-electron chi connectivity index (χ2n) is 5.58. The molecule has 3 rings (SSSR count). The van der Waals surface area contributed by atoms with Crippen molar-refractivity contribution in [1.29, 1.82) is 0 Å². The van der Waals surface area contributed by atoms with E-state index in [2.05, 4.69) is 9.97 Å². The molecule has 0 spiro atoms. The molecule has 8 nitrogen and oxygen atoms in total. The zero-order chi connectivity index (χ0) is 16.0. The zero-order valence-electron chi connectivity index (χ0n) is 12.2. The van der Waals surface area contributed by atoms with Crippen LogP contribution in [0.15, 0.2) is 14.4 Å². The number of H-pyrrole nitrogens is 2. The van der Waals surface area contributed by atoms with Crippen molar-refractivity contribution < 1.29 is 9.84 Å². The molecule has 22 heavy (non-hydrogen) atoms. The molecule has 0 aromatic carbocycles. The summed E-state index contributed by atoms with van der Waals surface area (Å²) in [6.45, 7) is 3.77. The molecule has 0 amide bonds. The molecule has 1 aliphatic rings. The lowest BCUT2D eigenvalue weighted by molar-refractivity contribution is -0.0643. The van der Waals surface area contributed by atoms with Crippen LogP contribution < -0.4 is 16.1 Å². The molecule has 0 saturated carbocycles. The highest BCUT2D eigenvalue weighted by Gasteiger charge is 2.38. The smallest absolute Gasteiger partial charge is 0.327 e. The van der Waals surface area contributed by atoms with Crippen LogP contribution >= 0.6 is 11.3 Å². The summed E-state index contributed by atoms with van der Waals surface area (Å²) in [5.41, 5.74) is -1.08. The van der Waals surface area contributed by atoms with Gasteiger partial charge in [0.15, 0.2) is 0 Å². The SMILES string of the molecule is CCC(O)C1CC(C)C(n2c(=O)sc3c(=O)[nH]c(=O)[nH]c32)O1. The summed E-state index contributed by atoms with van der Waals surface area (Å²) in [6.07, 6.45) is -0.405. The predicted octanol–water partition coefficient (Wildman–Crippen LogP) is 0.134. The number of thiazole rings is 1. The minimum atomic E-state index is -0.667. The van der Waals surface area contributed by atoms with Crippen molar-refractivity contribution in [1.82, 2.24) is 14.5 Å². The Bertz CT molecular complexity index is 863. The molecule has 4 atom stereocenters. The summed E-state index contributed by atoms with van der Waals surface area (Å²) in [6, 6.07) is 0. The number of aromatic amines is 2. The van der Waals surface area contributed by atoms with E-state index in [1.165, 1.54) is 4.57 Å². The van der Waals surface area contributed by atoms with Crippen LogP contribution in [-0.2, 0) is 4.74 Å². The van der Waals surface area contributed by atoms with E-state index in [0.29, 0.717) is 12.8 Å². The van der Waals surface area contributed by atoms with E-state index >= 15 is 0 Å². The third kappa shape index (κ3) is 2.34. The largest absolute Gasteiger partial charge is 0.390 e. The molecule has 120 valence electrons. The van der Waals surface area contributed by atoms with E-state index in [9.17, 15) is 19.5 Å². The lowest BCUT2D eigenvalue weighted by Gasteiger charge is -2.19. The first-order valence-electron chi connectivity index (χ1n) is 7.13. The number of aliphatic hydroxyl groups is 1. The van der Waals surface area contributed by atoms with Gasteiger partial charge in [-0.05, 0) is 12.8 Å². The van der Waals surface area contributed by atoms with Crippen molar-refractivity contribution in [2.24, 2.45) is 5.92 Å². The van der Waals surface area contributed by atoms with E-state index in [4.69, 9.17) is 4.74 Å².